The molecule has 1 aromatic heterocycles. The number of carbonyl (C=O) groups is 1. The minimum atomic E-state index is 0.214. The van der Waals surface area contributed by atoms with Crippen molar-refractivity contribution in [3.63, 3.8) is 0 Å². The molecule has 0 radical (unpaired) electrons. The lowest BCUT2D eigenvalue weighted by Crippen LogP contribution is -1.98. The van der Waals surface area contributed by atoms with Gasteiger partial charge in [0.15, 0.2) is 0 Å². The van der Waals surface area contributed by atoms with Crippen molar-refractivity contribution in [2.45, 2.75) is 0 Å². The highest BCUT2D eigenvalue weighted by Crippen LogP contribution is 2.22. The molecular weight excluding hydrogens is 204 g/mol. The van der Waals surface area contributed by atoms with E-state index in [0.29, 0.717) is 23.0 Å². The van der Waals surface area contributed by atoms with Gasteiger partial charge in [-0.25, -0.2) is 4.98 Å². The Labute approximate surface area is 92.2 Å². The van der Waals surface area contributed by atoms with E-state index in [9.17, 15) is 9.90 Å². The summed E-state index contributed by atoms with van der Waals surface area (Å²) in [6, 6.07) is 8.73. The normalized spacial score (nSPS) is 10.8. The number of hydrogen-bond acceptors (Lipinski definition) is 3. The van der Waals surface area contributed by atoms with Crippen molar-refractivity contribution in [1.29, 1.82) is 0 Å². The molecule has 2 rings (SSSR count). The predicted molar refractivity (Wildman–Crippen MR) is 61.6 cm³/mol. The first-order chi connectivity index (χ1) is 7.81. The summed E-state index contributed by atoms with van der Waals surface area (Å²) >= 11 is 0. The summed E-state index contributed by atoms with van der Waals surface area (Å²) in [7, 11) is 0. The minimum absolute atomic E-state index is 0.214. The molecule has 0 aliphatic carbocycles. The molecule has 0 unspecified atom stereocenters. The second-order valence-corrected chi connectivity index (χ2v) is 3.20. The molecule has 0 saturated carbocycles. The van der Waals surface area contributed by atoms with Crippen molar-refractivity contribution in [2.24, 2.45) is 0 Å². The fourth-order valence-electron chi connectivity index (χ4n) is 1.42. The zero-order valence-electron chi connectivity index (χ0n) is 8.42. The van der Waals surface area contributed by atoms with Crippen LogP contribution in [0.3, 0.4) is 0 Å². The molecule has 1 aromatic carbocycles. The van der Waals surface area contributed by atoms with Gasteiger partial charge < -0.3 is 10.4 Å². The number of pyridine rings is 1. The zero-order valence-corrected chi connectivity index (χ0v) is 8.42. The molecule has 0 aliphatic heterocycles. The van der Waals surface area contributed by atoms with E-state index in [1.54, 1.807) is 30.3 Å². The summed E-state index contributed by atoms with van der Waals surface area (Å²) in [6.45, 7) is 0. The summed E-state index contributed by atoms with van der Waals surface area (Å²) in [5.74, 6) is 0.214. The molecule has 0 aliphatic rings. The number of rotatable bonds is 3. The van der Waals surface area contributed by atoms with Crippen LogP contribution in [0.15, 0.2) is 36.5 Å². The fourth-order valence-corrected chi connectivity index (χ4v) is 1.42. The van der Waals surface area contributed by atoms with Crippen LogP contribution in [0.5, 0.6) is 5.75 Å². The van der Waals surface area contributed by atoms with Crippen LogP contribution in [-0.2, 0) is 4.79 Å². The summed E-state index contributed by atoms with van der Waals surface area (Å²) in [5, 5.41) is 12.7. The van der Waals surface area contributed by atoms with Crippen molar-refractivity contribution < 1.29 is 9.90 Å². The van der Waals surface area contributed by atoms with Crippen LogP contribution in [0, 0.1) is 0 Å². The van der Waals surface area contributed by atoms with Gasteiger partial charge in [-0.1, -0.05) is 6.07 Å². The van der Waals surface area contributed by atoms with E-state index in [1.807, 2.05) is 6.07 Å². The second kappa shape index (κ2) is 4.44. The average molecular weight is 214 g/mol. The molecule has 80 valence electrons. The van der Waals surface area contributed by atoms with Gasteiger partial charge in [-0.3, -0.25) is 4.79 Å². The third-order valence-corrected chi connectivity index (χ3v) is 2.15. The Hall–Kier alpha value is -2.36. The number of amides is 1. The number of nitrogens with zero attached hydrogens (tertiary/aromatic N) is 1. The predicted octanol–water partition coefficient (Wildman–Crippen LogP) is 1.66. The van der Waals surface area contributed by atoms with Crippen molar-refractivity contribution in [2.75, 3.05) is 0 Å². The van der Waals surface area contributed by atoms with Gasteiger partial charge in [0.2, 0.25) is 6.41 Å². The van der Waals surface area contributed by atoms with Crippen molar-refractivity contribution in [1.82, 2.24) is 10.3 Å². The van der Waals surface area contributed by atoms with Crippen LogP contribution in [0.1, 0.15) is 5.69 Å². The van der Waals surface area contributed by atoms with Gasteiger partial charge in [0.25, 0.3) is 0 Å². The number of phenolic OH excluding ortho intramolecular Hbond substituents is 1. The average Bonchev–Trinajstić information content (AvgIpc) is 2.30. The first kappa shape index (κ1) is 10.2. The number of aromatic nitrogens is 1. The molecule has 0 saturated heterocycles. The highest BCUT2D eigenvalue weighted by molar-refractivity contribution is 5.85. The largest absolute Gasteiger partial charge is 0.507 e. The molecule has 4 nitrogen and oxygen atoms in total. The minimum Gasteiger partial charge on any atom is -0.507 e. The molecule has 2 N–H and O–H groups in total. The standard InChI is InChI=1S/C12H10N2O2/c15-8-13-7-6-9-4-5-10-11(14-9)2-1-3-12(10)16/h1-8,16H,(H,13,15). The van der Waals surface area contributed by atoms with Crippen molar-refractivity contribution >= 4 is 23.4 Å². The van der Waals surface area contributed by atoms with E-state index in [1.165, 1.54) is 6.20 Å². The van der Waals surface area contributed by atoms with Gasteiger partial charge >= 0.3 is 0 Å². The lowest BCUT2D eigenvalue weighted by Gasteiger charge is -2.00. The van der Waals surface area contributed by atoms with Gasteiger partial charge in [-0.2, -0.15) is 0 Å². The molecule has 2 aromatic rings. The molecule has 16 heavy (non-hydrogen) atoms. The molecular formula is C12H10N2O2. The zero-order chi connectivity index (χ0) is 11.4. The first-order valence-electron chi connectivity index (χ1n) is 4.76. The van der Waals surface area contributed by atoms with E-state index < -0.39 is 0 Å². The highest BCUT2D eigenvalue weighted by atomic mass is 16.3. The smallest absolute Gasteiger partial charge is 0.211 e. The molecule has 1 amide bonds. The van der Waals surface area contributed by atoms with E-state index >= 15 is 0 Å². The number of phenols is 1. The summed E-state index contributed by atoms with van der Waals surface area (Å²) < 4.78 is 0. The Bertz CT molecular complexity index is 550. The maximum Gasteiger partial charge on any atom is 0.211 e. The van der Waals surface area contributed by atoms with Gasteiger partial charge in [0, 0.05) is 11.6 Å². The molecule has 1 heterocycles. The Morgan fingerprint density at radius 2 is 2.12 bits per heavy atom. The maximum absolute atomic E-state index is 10.0. The van der Waals surface area contributed by atoms with Crippen LogP contribution in [-0.4, -0.2) is 16.5 Å². The quantitative estimate of drug-likeness (QED) is 0.764. The number of hydrogen-bond donors (Lipinski definition) is 2. The molecule has 0 atom stereocenters. The Morgan fingerprint density at radius 3 is 2.94 bits per heavy atom. The van der Waals surface area contributed by atoms with Crippen molar-refractivity contribution in [3.8, 4) is 5.75 Å². The first-order valence-corrected chi connectivity index (χ1v) is 4.76. The van der Waals surface area contributed by atoms with Crippen LogP contribution >= 0.6 is 0 Å². The molecule has 0 spiro atoms. The molecule has 0 bridgehead atoms. The van der Waals surface area contributed by atoms with E-state index in [0.717, 1.165) is 0 Å². The van der Waals surface area contributed by atoms with Gasteiger partial charge in [0.05, 0.1) is 11.2 Å². The summed E-state index contributed by atoms with van der Waals surface area (Å²) in [5.41, 5.74) is 1.43. The topological polar surface area (TPSA) is 62.2 Å². The van der Waals surface area contributed by atoms with E-state index in [4.69, 9.17) is 0 Å². The van der Waals surface area contributed by atoms with E-state index in [-0.39, 0.29) is 5.75 Å². The number of aromatic hydroxyl groups is 1. The lowest BCUT2D eigenvalue weighted by molar-refractivity contribution is -0.108. The van der Waals surface area contributed by atoms with Gasteiger partial charge in [-0.15, -0.1) is 0 Å². The number of carbonyl (C=O) groups excluding carboxylic acids is 1. The van der Waals surface area contributed by atoms with Gasteiger partial charge in [-0.05, 0) is 30.3 Å². The number of nitrogens with one attached hydrogen (secondary N) is 1. The van der Waals surface area contributed by atoms with Crippen molar-refractivity contribution in [3.05, 3.63) is 42.2 Å². The summed E-state index contributed by atoms with van der Waals surface area (Å²) in [4.78, 5) is 14.3. The highest BCUT2D eigenvalue weighted by Gasteiger charge is 1.99. The number of fused-ring (bicyclic) bond motifs is 1. The third kappa shape index (κ3) is 2.00. The van der Waals surface area contributed by atoms with Crippen LogP contribution in [0.2, 0.25) is 0 Å². The third-order valence-electron chi connectivity index (χ3n) is 2.15. The monoisotopic (exact) mass is 214 g/mol. The molecule has 4 heteroatoms. The lowest BCUT2D eigenvalue weighted by atomic mass is 10.2. The summed E-state index contributed by atoms with van der Waals surface area (Å²) in [6.07, 6.45) is 3.77. The molecule has 0 fully saturated rings. The Morgan fingerprint density at radius 1 is 1.25 bits per heavy atom. The fraction of sp³-hybridized carbons (Fsp3) is 0. The van der Waals surface area contributed by atoms with Crippen LogP contribution in [0.4, 0.5) is 0 Å². The Balaban J connectivity index is 2.41. The maximum atomic E-state index is 10.0. The van der Waals surface area contributed by atoms with E-state index in [2.05, 4.69) is 10.3 Å². The Kier molecular flexibility index (Phi) is 2.82. The van der Waals surface area contributed by atoms with Crippen LogP contribution in [0.25, 0.3) is 17.0 Å². The van der Waals surface area contributed by atoms with Gasteiger partial charge in [0.1, 0.15) is 5.75 Å². The van der Waals surface area contributed by atoms with Crippen LogP contribution < -0.4 is 5.32 Å². The second-order valence-electron chi connectivity index (χ2n) is 3.20. The SMILES string of the molecule is O=CNC=Cc1ccc2c(O)cccc2n1. The number of benzene rings is 1.